The lowest BCUT2D eigenvalue weighted by Crippen LogP contribution is -2.35. The lowest BCUT2D eigenvalue weighted by atomic mass is 9.77. The second-order valence-electron chi connectivity index (χ2n) is 12.3. The number of aryl methyl sites for hydroxylation is 1. The molecule has 42 heavy (non-hydrogen) atoms. The Kier molecular flexibility index (Phi) is 16.6. The molecule has 0 unspecified atom stereocenters. The molecular weight excluding hydrogens is 514 g/mol. The zero-order valence-corrected chi connectivity index (χ0v) is 28.1. The van der Waals surface area contributed by atoms with Crippen LogP contribution in [0.2, 0.25) is 0 Å². The van der Waals surface area contributed by atoms with Gasteiger partial charge in [-0.1, -0.05) is 91.5 Å². The molecule has 0 spiro atoms. The molecule has 1 aromatic carbocycles. The third kappa shape index (κ3) is 10.9. The van der Waals surface area contributed by atoms with Gasteiger partial charge >= 0.3 is 0 Å². The second-order valence-corrected chi connectivity index (χ2v) is 12.3. The third-order valence-corrected chi connectivity index (χ3v) is 8.16. The van der Waals surface area contributed by atoms with Crippen molar-refractivity contribution in [3.05, 3.63) is 64.5 Å². The number of unbranched alkanes of at least 4 members (excludes halogenated alkanes) is 1. The summed E-state index contributed by atoms with van der Waals surface area (Å²) in [6, 6.07) is 6.63. The van der Waals surface area contributed by atoms with E-state index >= 15 is 0 Å². The van der Waals surface area contributed by atoms with Gasteiger partial charge < -0.3 is 9.69 Å². The SMILES string of the molecule is CCC.CCC1=C(C2CCN(CCC=O)CC2)CCC=C1c1cnc(-c2ccc(CC(C)C)c(C)c2)nc1.CCCC. The molecule has 2 heterocycles. The van der Waals surface area contributed by atoms with E-state index in [0.717, 1.165) is 62.1 Å². The monoisotopic (exact) mass is 573 g/mol. The van der Waals surface area contributed by atoms with Crippen molar-refractivity contribution in [1.29, 1.82) is 0 Å². The van der Waals surface area contributed by atoms with Crippen LogP contribution >= 0.6 is 0 Å². The van der Waals surface area contributed by atoms with Gasteiger partial charge in [0.25, 0.3) is 0 Å². The van der Waals surface area contributed by atoms with Crippen molar-refractivity contribution in [1.82, 2.24) is 14.9 Å². The minimum Gasteiger partial charge on any atom is -0.303 e. The van der Waals surface area contributed by atoms with Crippen molar-refractivity contribution in [2.75, 3.05) is 19.6 Å². The molecule has 0 atom stereocenters. The molecule has 0 saturated carbocycles. The molecule has 4 rings (SSSR count). The van der Waals surface area contributed by atoms with Crippen LogP contribution in [0.25, 0.3) is 17.0 Å². The van der Waals surface area contributed by atoms with Crippen LogP contribution in [0.3, 0.4) is 0 Å². The van der Waals surface area contributed by atoms with Gasteiger partial charge in [-0.05, 0) is 98.7 Å². The molecule has 2 aliphatic rings. The number of carbonyl (C=O) groups is 1. The fraction of sp³-hybridized carbons (Fsp3) is 0.605. The number of hydrogen-bond donors (Lipinski definition) is 0. The predicted octanol–water partition coefficient (Wildman–Crippen LogP) is 10.1. The minimum absolute atomic E-state index is 0.651. The number of piperidine rings is 1. The van der Waals surface area contributed by atoms with Crippen LogP contribution in [-0.4, -0.2) is 40.8 Å². The average molecular weight is 574 g/mol. The molecule has 1 aliphatic heterocycles. The van der Waals surface area contributed by atoms with Crippen LogP contribution in [-0.2, 0) is 11.2 Å². The van der Waals surface area contributed by atoms with Gasteiger partial charge in [0.15, 0.2) is 5.82 Å². The molecule has 1 fully saturated rings. The second kappa shape index (κ2) is 19.6. The maximum atomic E-state index is 10.7. The highest BCUT2D eigenvalue weighted by molar-refractivity contribution is 5.80. The van der Waals surface area contributed by atoms with Crippen LogP contribution in [0, 0.1) is 18.8 Å². The summed E-state index contributed by atoms with van der Waals surface area (Å²) in [5.74, 6) is 2.11. The average Bonchev–Trinajstić information content (AvgIpc) is 3.01. The van der Waals surface area contributed by atoms with E-state index < -0.39 is 0 Å². The Bertz CT molecular complexity index is 1120. The van der Waals surface area contributed by atoms with Crippen LogP contribution in [0.5, 0.6) is 0 Å². The third-order valence-electron chi connectivity index (χ3n) is 8.16. The number of rotatable bonds is 10. The Morgan fingerprint density at radius 2 is 1.62 bits per heavy atom. The molecule has 0 amide bonds. The first-order valence-corrected chi connectivity index (χ1v) is 16.8. The van der Waals surface area contributed by atoms with Crippen molar-refractivity contribution in [3.63, 3.8) is 0 Å². The molecule has 0 radical (unpaired) electrons. The van der Waals surface area contributed by atoms with Gasteiger partial charge in [0.05, 0.1) is 0 Å². The van der Waals surface area contributed by atoms with E-state index in [4.69, 9.17) is 9.97 Å². The van der Waals surface area contributed by atoms with Gasteiger partial charge in [-0.15, -0.1) is 0 Å². The van der Waals surface area contributed by atoms with Crippen LogP contribution in [0.15, 0.2) is 47.8 Å². The van der Waals surface area contributed by atoms with Gasteiger partial charge in [0.2, 0.25) is 0 Å². The quantitative estimate of drug-likeness (QED) is 0.265. The maximum Gasteiger partial charge on any atom is 0.159 e. The van der Waals surface area contributed by atoms with E-state index in [0.29, 0.717) is 18.3 Å². The molecule has 1 saturated heterocycles. The van der Waals surface area contributed by atoms with Crippen molar-refractivity contribution >= 4 is 11.9 Å². The Balaban J connectivity index is 0.000000797. The fourth-order valence-corrected chi connectivity index (χ4v) is 5.84. The molecule has 1 aliphatic carbocycles. The Morgan fingerprint density at radius 1 is 0.976 bits per heavy atom. The largest absolute Gasteiger partial charge is 0.303 e. The summed E-state index contributed by atoms with van der Waals surface area (Å²) in [6.07, 6.45) is 18.8. The molecule has 2 aromatic rings. The summed E-state index contributed by atoms with van der Waals surface area (Å²) in [4.78, 5) is 22.8. The van der Waals surface area contributed by atoms with Crippen LogP contribution in [0.1, 0.15) is 123 Å². The summed E-state index contributed by atoms with van der Waals surface area (Å²) in [5.41, 5.74) is 9.46. The normalized spacial score (nSPS) is 15.9. The van der Waals surface area contributed by atoms with Gasteiger partial charge in [-0.2, -0.15) is 0 Å². The molecule has 0 bridgehead atoms. The first-order chi connectivity index (χ1) is 20.3. The zero-order chi connectivity index (χ0) is 30.9. The fourth-order valence-electron chi connectivity index (χ4n) is 5.84. The number of allylic oxidation sites excluding steroid dienone is 4. The lowest BCUT2D eigenvalue weighted by molar-refractivity contribution is -0.108. The van der Waals surface area contributed by atoms with Crippen LogP contribution < -0.4 is 0 Å². The number of aldehydes is 1. The topological polar surface area (TPSA) is 46.1 Å². The van der Waals surface area contributed by atoms with Crippen molar-refractivity contribution < 1.29 is 4.79 Å². The van der Waals surface area contributed by atoms with Gasteiger partial charge in [-0.25, -0.2) is 9.97 Å². The summed E-state index contributed by atoms with van der Waals surface area (Å²) in [5, 5.41) is 0. The first kappa shape index (κ1) is 35.6. The summed E-state index contributed by atoms with van der Waals surface area (Å²) in [7, 11) is 0. The van der Waals surface area contributed by atoms with E-state index in [1.165, 1.54) is 60.8 Å². The van der Waals surface area contributed by atoms with E-state index in [1.807, 2.05) is 12.4 Å². The molecule has 4 heteroatoms. The Hall–Kier alpha value is -2.59. The number of hydrogen-bond acceptors (Lipinski definition) is 4. The van der Waals surface area contributed by atoms with E-state index in [2.05, 4.69) is 84.6 Å². The smallest absolute Gasteiger partial charge is 0.159 e. The summed E-state index contributed by atoms with van der Waals surface area (Å²) in [6.45, 7) is 20.7. The molecular formula is C38H59N3O. The van der Waals surface area contributed by atoms with Crippen molar-refractivity contribution in [2.45, 2.75) is 120 Å². The highest BCUT2D eigenvalue weighted by atomic mass is 16.1. The molecule has 4 nitrogen and oxygen atoms in total. The number of benzene rings is 1. The lowest BCUT2D eigenvalue weighted by Gasteiger charge is -2.35. The Morgan fingerprint density at radius 3 is 2.14 bits per heavy atom. The zero-order valence-electron chi connectivity index (χ0n) is 28.1. The van der Waals surface area contributed by atoms with Gasteiger partial charge in [-0.3, -0.25) is 0 Å². The summed E-state index contributed by atoms with van der Waals surface area (Å²) < 4.78 is 0. The van der Waals surface area contributed by atoms with Crippen molar-refractivity contribution in [2.24, 2.45) is 11.8 Å². The number of carbonyl (C=O) groups excluding carboxylic acids is 1. The standard InChI is InChI=1S/C31H41N3O.C4H10.C3H8/c1-5-28-29(24-12-15-34(16-13-24)14-7-17-35)8-6-9-30(28)27-20-32-31(33-21-27)26-11-10-25(18-22(2)3)23(4)19-26;1-3-4-2;1-3-2/h9-11,17,19-22,24H,5-8,12-16,18H2,1-4H3;3-4H2,1-2H3;3H2,1-2H3. The molecule has 232 valence electrons. The van der Waals surface area contributed by atoms with Crippen LogP contribution in [0.4, 0.5) is 0 Å². The van der Waals surface area contributed by atoms with Gasteiger partial charge in [0.1, 0.15) is 6.29 Å². The van der Waals surface area contributed by atoms with Gasteiger partial charge in [0, 0.05) is 36.5 Å². The molecule has 1 aromatic heterocycles. The van der Waals surface area contributed by atoms with E-state index in [1.54, 1.807) is 5.57 Å². The van der Waals surface area contributed by atoms with E-state index in [-0.39, 0.29) is 0 Å². The van der Waals surface area contributed by atoms with Crippen molar-refractivity contribution in [3.8, 4) is 11.4 Å². The highest BCUT2D eigenvalue weighted by Gasteiger charge is 2.26. The minimum atomic E-state index is 0.651. The Labute approximate surface area is 258 Å². The number of nitrogens with zero attached hydrogens (tertiary/aromatic N) is 3. The predicted molar refractivity (Wildman–Crippen MR) is 182 cm³/mol. The number of likely N-dealkylation sites (tertiary alicyclic amines) is 1. The molecule has 0 N–H and O–H groups in total. The van der Waals surface area contributed by atoms with E-state index in [9.17, 15) is 4.79 Å². The first-order valence-electron chi connectivity index (χ1n) is 16.8. The highest BCUT2D eigenvalue weighted by Crippen LogP contribution is 2.40. The number of aromatic nitrogens is 2. The maximum absolute atomic E-state index is 10.7. The summed E-state index contributed by atoms with van der Waals surface area (Å²) >= 11 is 0.